The lowest BCUT2D eigenvalue weighted by Crippen LogP contribution is -2.38. The molecule has 0 radical (unpaired) electrons. The largest absolute Gasteiger partial charge is 0.496 e. The summed E-state index contributed by atoms with van der Waals surface area (Å²) >= 11 is 0. The molecule has 1 atom stereocenters. The summed E-state index contributed by atoms with van der Waals surface area (Å²) in [4.78, 5) is 2.64. The molecule has 20 heavy (non-hydrogen) atoms. The number of ether oxygens (including phenoxy) is 1. The first kappa shape index (κ1) is 15.3. The Balaban J connectivity index is 2.07. The summed E-state index contributed by atoms with van der Waals surface area (Å²) < 4.78 is 5.44. The number of nitrogens with zero attached hydrogens (tertiary/aromatic N) is 1. The standard InChI is InChI=1S/C17H28N2O/c1-3-6-16-7-4-5-10-19(16)13-14-8-9-15(12-18)17(11-14)20-2/h8-9,11,16H,3-7,10,12-13,18H2,1-2H3. The Bertz CT molecular complexity index is 417. The Hall–Kier alpha value is -1.06. The lowest BCUT2D eigenvalue weighted by molar-refractivity contribution is 0.131. The van der Waals surface area contributed by atoms with E-state index in [9.17, 15) is 0 Å². The summed E-state index contributed by atoms with van der Waals surface area (Å²) in [5.74, 6) is 0.925. The average molecular weight is 276 g/mol. The van der Waals surface area contributed by atoms with E-state index in [1.165, 1.54) is 44.2 Å². The van der Waals surface area contributed by atoms with Crippen molar-refractivity contribution in [2.75, 3.05) is 13.7 Å². The highest BCUT2D eigenvalue weighted by molar-refractivity contribution is 5.37. The predicted octanol–water partition coefficient (Wildman–Crippen LogP) is 3.31. The maximum Gasteiger partial charge on any atom is 0.123 e. The van der Waals surface area contributed by atoms with E-state index in [0.29, 0.717) is 6.54 Å². The first-order valence-corrected chi connectivity index (χ1v) is 7.88. The van der Waals surface area contributed by atoms with Crippen molar-refractivity contribution in [2.45, 2.75) is 58.2 Å². The van der Waals surface area contributed by atoms with Gasteiger partial charge in [0, 0.05) is 24.7 Å². The maximum absolute atomic E-state index is 5.73. The lowest BCUT2D eigenvalue weighted by atomic mass is 9.97. The molecule has 1 unspecified atom stereocenters. The zero-order chi connectivity index (χ0) is 14.4. The van der Waals surface area contributed by atoms with E-state index in [1.54, 1.807) is 7.11 Å². The van der Waals surface area contributed by atoms with Gasteiger partial charge in [-0.05, 0) is 37.4 Å². The summed E-state index contributed by atoms with van der Waals surface area (Å²) in [7, 11) is 1.72. The number of methoxy groups -OCH3 is 1. The van der Waals surface area contributed by atoms with Crippen molar-refractivity contribution >= 4 is 0 Å². The number of rotatable bonds is 6. The summed E-state index contributed by atoms with van der Waals surface area (Å²) in [5, 5.41) is 0. The molecular formula is C17H28N2O. The van der Waals surface area contributed by atoms with Gasteiger partial charge >= 0.3 is 0 Å². The molecule has 3 nitrogen and oxygen atoms in total. The Kier molecular flexibility index (Phi) is 5.86. The van der Waals surface area contributed by atoms with Gasteiger partial charge in [0.2, 0.25) is 0 Å². The number of piperidine rings is 1. The van der Waals surface area contributed by atoms with Crippen LogP contribution in [-0.4, -0.2) is 24.6 Å². The van der Waals surface area contributed by atoms with E-state index in [-0.39, 0.29) is 0 Å². The van der Waals surface area contributed by atoms with E-state index in [4.69, 9.17) is 10.5 Å². The number of nitrogens with two attached hydrogens (primary N) is 1. The van der Waals surface area contributed by atoms with Gasteiger partial charge < -0.3 is 10.5 Å². The zero-order valence-electron chi connectivity index (χ0n) is 12.9. The molecule has 0 saturated carbocycles. The number of hydrogen-bond acceptors (Lipinski definition) is 3. The van der Waals surface area contributed by atoms with Crippen LogP contribution in [0.1, 0.15) is 50.2 Å². The molecule has 0 aliphatic carbocycles. The van der Waals surface area contributed by atoms with Gasteiger partial charge in [0.15, 0.2) is 0 Å². The van der Waals surface area contributed by atoms with Crippen molar-refractivity contribution in [3.05, 3.63) is 29.3 Å². The molecule has 0 spiro atoms. The van der Waals surface area contributed by atoms with Gasteiger partial charge in [0.25, 0.3) is 0 Å². The van der Waals surface area contributed by atoms with Gasteiger partial charge in [-0.25, -0.2) is 0 Å². The lowest BCUT2D eigenvalue weighted by Gasteiger charge is -2.35. The molecule has 1 saturated heterocycles. The second-order valence-electron chi connectivity index (χ2n) is 5.76. The molecular weight excluding hydrogens is 248 g/mol. The Labute approximate surface area is 123 Å². The van der Waals surface area contributed by atoms with E-state index in [1.807, 2.05) is 0 Å². The van der Waals surface area contributed by atoms with Crippen LogP contribution in [0, 0.1) is 0 Å². The van der Waals surface area contributed by atoms with Crippen LogP contribution < -0.4 is 10.5 Å². The minimum atomic E-state index is 0.533. The fourth-order valence-corrected chi connectivity index (χ4v) is 3.22. The fraction of sp³-hybridized carbons (Fsp3) is 0.647. The van der Waals surface area contributed by atoms with E-state index >= 15 is 0 Å². The van der Waals surface area contributed by atoms with Gasteiger partial charge in [-0.2, -0.15) is 0 Å². The van der Waals surface area contributed by atoms with Crippen molar-refractivity contribution in [1.82, 2.24) is 4.90 Å². The molecule has 1 aromatic carbocycles. The molecule has 1 fully saturated rings. The van der Waals surface area contributed by atoms with Crippen molar-refractivity contribution in [2.24, 2.45) is 5.73 Å². The summed E-state index contributed by atoms with van der Waals surface area (Å²) in [6.45, 7) is 5.08. The smallest absolute Gasteiger partial charge is 0.123 e. The predicted molar refractivity (Wildman–Crippen MR) is 83.8 cm³/mol. The summed E-state index contributed by atoms with van der Waals surface area (Å²) in [5.41, 5.74) is 8.15. The van der Waals surface area contributed by atoms with Crippen LogP contribution in [0.5, 0.6) is 5.75 Å². The van der Waals surface area contributed by atoms with Crippen LogP contribution in [0.2, 0.25) is 0 Å². The van der Waals surface area contributed by atoms with Crippen LogP contribution >= 0.6 is 0 Å². The Morgan fingerprint density at radius 3 is 2.90 bits per heavy atom. The summed E-state index contributed by atoms with van der Waals surface area (Å²) in [6.07, 6.45) is 6.66. The average Bonchev–Trinajstić information content (AvgIpc) is 2.49. The van der Waals surface area contributed by atoms with Gasteiger partial charge in [-0.1, -0.05) is 31.9 Å². The maximum atomic E-state index is 5.73. The van der Waals surface area contributed by atoms with Gasteiger partial charge in [-0.15, -0.1) is 0 Å². The monoisotopic (exact) mass is 276 g/mol. The van der Waals surface area contributed by atoms with Crippen LogP contribution in [0.3, 0.4) is 0 Å². The van der Waals surface area contributed by atoms with Gasteiger partial charge in [0.05, 0.1) is 7.11 Å². The third kappa shape index (κ3) is 3.74. The first-order valence-electron chi connectivity index (χ1n) is 7.88. The van der Waals surface area contributed by atoms with E-state index < -0.39 is 0 Å². The Morgan fingerprint density at radius 2 is 2.20 bits per heavy atom. The number of hydrogen-bond donors (Lipinski definition) is 1. The first-order chi connectivity index (χ1) is 9.78. The second kappa shape index (κ2) is 7.65. The third-order valence-corrected chi connectivity index (χ3v) is 4.33. The Morgan fingerprint density at radius 1 is 1.35 bits per heavy atom. The molecule has 112 valence electrons. The van der Waals surface area contributed by atoms with Crippen molar-refractivity contribution in [1.29, 1.82) is 0 Å². The van der Waals surface area contributed by atoms with Crippen LogP contribution in [0.25, 0.3) is 0 Å². The molecule has 1 aliphatic rings. The molecule has 1 heterocycles. The number of likely N-dealkylation sites (tertiary alicyclic amines) is 1. The molecule has 1 aromatic rings. The highest BCUT2D eigenvalue weighted by Crippen LogP contribution is 2.25. The van der Waals surface area contributed by atoms with E-state index in [0.717, 1.165) is 23.9 Å². The van der Waals surface area contributed by atoms with Crippen molar-refractivity contribution in [3.8, 4) is 5.75 Å². The topological polar surface area (TPSA) is 38.5 Å². The third-order valence-electron chi connectivity index (χ3n) is 4.33. The molecule has 2 N–H and O–H groups in total. The fourth-order valence-electron chi connectivity index (χ4n) is 3.22. The molecule has 0 aromatic heterocycles. The minimum absolute atomic E-state index is 0.533. The normalized spacial score (nSPS) is 20.1. The highest BCUT2D eigenvalue weighted by Gasteiger charge is 2.21. The van der Waals surface area contributed by atoms with Gasteiger partial charge in [-0.3, -0.25) is 4.90 Å². The molecule has 0 bridgehead atoms. The highest BCUT2D eigenvalue weighted by atomic mass is 16.5. The summed E-state index contributed by atoms with van der Waals surface area (Å²) in [6, 6.07) is 7.21. The number of benzene rings is 1. The minimum Gasteiger partial charge on any atom is -0.496 e. The molecule has 1 aliphatic heterocycles. The van der Waals surface area contributed by atoms with Crippen LogP contribution in [0.15, 0.2) is 18.2 Å². The van der Waals surface area contributed by atoms with Crippen molar-refractivity contribution in [3.63, 3.8) is 0 Å². The molecule has 3 heteroatoms. The second-order valence-corrected chi connectivity index (χ2v) is 5.76. The zero-order valence-corrected chi connectivity index (χ0v) is 12.9. The SMILES string of the molecule is CCCC1CCCCN1Cc1ccc(CN)c(OC)c1. The van der Waals surface area contributed by atoms with E-state index in [2.05, 4.69) is 30.0 Å². The molecule has 2 rings (SSSR count). The van der Waals surface area contributed by atoms with Crippen LogP contribution in [0.4, 0.5) is 0 Å². The quantitative estimate of drug-likeness (QED) is 0.866. The molecule has 0 amide bonds. The van der Waals surface area contributed by atoms with Crippen LogP contribution in [-0.2, 0) is 13.1 Å². The van der Waals surface area contributed by atoms with Gasteiger partial charge in [0.1, 0.15) is 5.75 Å². The van der Waals surface area contributed by atoms with Crippen molar-refractivity contribution < 1.29 is 4.74 Å².